The maximum atomic E-state index is 15.1. The third kappa shape index (κ3) is 7.11. The summed E-state index contributed by atoms with van der Waals surface area (Å²) in [5, 5.41) is 10.1. The van der Waals surface area contributed by atoms with Crippen molar-refractivity contribution in [2.75, 3.05) is 35.0 Å². The Labute approximate surface area is 263 Å². The predicted octanol–water partition coefficient (Wildman–Crippen LogP) is 7.44. The Morgan fingerprint density at radius 2 is 1.67 bits per heavy atom. The normalized spacial score (nSPS) is 14.3. The summed E-state index contributed by atoms with van der Waals surface area (Å²) < 4.78 is 76.4. The van der Waals surface area contributed by atoms with E-state index in [2.05, 4.69) is 25.2 Å². The average molecular weight is 661 g/mol. The van der Waals surface area contributed by atoms with Crippen LogP contribution in [0.5, 0.6) is 5.75 Å². The molecule has 0 atom stereocenters. The zero-order chi connectivity index (χ0) is 33.3. The number of thioether (sulfide) groups is 1. The number of aliphatic imine (C=N–C) groups is 1. The number of nitrogens with one attached hydrogen (secondary N) is 1. The number of carbonyl (C=O) groups excluding carboxylic acids is 2. The van der Waals surface area contributed by atoms with Gasteiger partial charge in [-0.25, -0.2) is 13.6 Å². The number of hydrogen-bond acceptors (Lipinski definition) is 8. The first kappa shape index (κ1) is 32.4. The van der Waals surface area contributed by atoms with Gasteiger partial charge in [-0.2, -0.15) is 4.99 Å². The first-order valence-corrected chi connectivity index (χ1v) is 14.5. The van der Waals surface area contributed by atoms with Crippen LogP contribution in [0.25, 0.3) is 22.9 Å². The van der Waals surface area contributed by atoms with Crippen LogP contribution >= 0.6 is 11.8 Å². The molecule has 3 aromatic carbocycles. The largest absolute Gasteiger partial charge is 0.573 e. The summed E-state index contributed by atoms with van der Waals surface area (Å²) in [6.07, 6.45) is -4.84. The standard InChI is InChI=1S/C30H25F5N6O4S/c1-15(2)19-12-21(32)24(40(3)4)13-23(19)41-25(42)14-46-29(41)37-28(43)36-22-10-7-17(11-20(22)31)27-39-38-26(44-27)16-5-8-18(9-6-16)45-30(33,34)35/h5-13,15H,14H2,1-4H3,(H,36,43). The molecule has 0 radical (unpaired) electrons. The Balaban J connectivity index is 1.33. The van der Waals surface area contributed by atoms with Crippen molar-refractivity contribution in [3.63, 3.8) is 0 Å². The summed E-state index contributed by atoms with van der Waals surface area (Å²) >= 11 is 1.02. The first-order chi connectivity index (χ1) is 21.7. The molecule has 240 valence electrons. The van der Waals surface area contributed by atoms with E-state index in [0.717, 1.165) is 30.0 Å². The second-order valence-electron chi connectivity index (χ2n) is 10.4. The molecular formula is C30H25F5N6O4S. The third-order valence-corrected chi connectivity index (χ3v) is 7.54. The molecule has 3 amide bonds. The average Bonchev–Trinajstić information content (AvgIpc) is 3.60. The molecule has 0 saturated carbocycles. The van der Waals surface area contributed by atoms with Crippen LogP contribution in [0.3, 0.4) is 0 Å². The van der Waals surface area contributed by atoms with Gasteiger partial charge in [-0.15, -0.1) is 23.4 Å². The Bertz CT molecular complexity index is 1830. The van der Waals surface area contributed by atoms with Gasteiger partial charge in [-0.05, 0) is 66.1 Å². The van der Waals surface area contributed by atoms with E-state index in [9.17, 15) is 27.2 Å². The number of rotatable bonds is 7. The van der Waals surface area contributed by atoms with Crippen LogP contribution in [0.4, 0.5) is 43.8 Å². The third-order valence-electron chi connectivity index (χ3n) is 6.62. The molecule has 0 bridgehead atoms. The molecule has 1 N–H and O–H groups in total. The molecule has 1 saturated heterocycles. The minimum atomic E-state index is -4.84. The van der Waals surface area contributed by atoms with Gasteiger partial charge in [-0.3, -0.25) is 9.69 Å². The van der Waals surface area contributed by atoms with Gasteiger partial charge in [0.15, 0.2) is 5.17 Å². The van der Waals surface area contributed by atoms with Crippen molar-refractivity contribution in [3.05, 3.63) is 71.8 Å². The lowest BCUT2D eigenvalue weighted by Crippen LogP contribution is -2.31. The van der Waals surface area contributed by atoms with Crippen molar-refractivity contribution < 1.29 is 40.7 Å². The van der Waals surface area contributed by atoms with E-state index in [1.807, 2.05) is 13.8 Å². The van der Waals surface area contributed by atoms with Crippen molar-refractivity contribution in [1.29, 1.82) is 0 Å². The summed E-state index contributed by atoms with van der Waals surface area (Å²) in [5.41, 5.74) is 1.42. The van der Waals surface area contributed by atoms with Crippen molar-refractivity contribution in [2.45, 2.75) is 26.1 Å². The quantitative estimate of drug-likeness (QED) is 0.204. The fourth-order valence-electron chi connectivity index (χ4n) is 4.48. The second kappa shape index (κ2) is 12.8. The summed E-state index contributed by atoms with van der Waals surface area (Å²) in [4.78, 5) is 32.6. The number of aromatic nitrogens is 2. The zero-order valence-corrected chi connectivity index (χ0v) is 25.5. The van der Waals surface area contributed by atoms with Gasteiger partial charge in [0.05, 0.1) is 22.8 Å². The summed E-state index contributed by atoms with van der Waals surface area (Å²) in [6, 6.07) is 10.4. The number of ether oxygens (including phenoxy) is 1. The SMILES string of the molecule is CC(C)c1cc(F)c(N(C)C)cc1N1C(=O)CSC1=NC(=O)Nc1ccc(-c2nnc(-c3ccc(OC(F)(F)F)cc3)o2)cc1F. The molecular weight excluding hydrogens is 635 g/mol. The van der Waals surface area contributed by atoms with Crippen LogP contribution in [0, 0.1) is 11.6 Å². The summed E-state index contributed by atoms with van der Waals surface area (Å²) in [5.74, 6) is -2.38. The topological polar surface area (TPSA) is 113 Å². The van der Waals surface area contributed by atoms with Gasteiger partial charge in [0.1, 0.15) is 17.4 Å². The number of benzene rings is 3. The first-order valence-electron chi connectivity index (χ1n) is 13.6. The Morgan fingerprint density at radius 1 is 1.02 bits per heavy atom. The van der Waals surface area contributed by atoms with Gasteiger partial charge in [0, 0.05) is 25.2 Å². The zero-order valence-electron chi connectivity index (χ0n) is 24.6. The van der Waals surface area contributed by atoms with Gasteiger partial charge in [0.25, 0.3) is 0 Å². The van der Waals surface area contributed by atoms with Crippen LogP contribution in [0.2, 0.25) is 0 Å². The van der Waals surface area contributed by atoms with E-state index in [4.69, 9.17) is 4.42 Å². The molecule has 16 heteroatoms. The number of amidine groups is 1. The monoisotopic (exact) mass is 660 g/mol. The fraction of sp³-hybridized carbons (Fsp3) is 0.233. The molecule has 1 aliphatic heterocycles. The van der Waals surface area contributed by atoms with E-state index in [1.54, 1.807) is 19.0 Å². The maximum Gasteiger partial charge on any atom is 0.573 e. The molecule has 4 aromatic rings. The van der Waals surface area contributed by atoms with Gasteiger partial charge < -0.3 is 19.4 Å². The lowest BCUT2D eigenvalue weighted by molar-refractivity contribution is -0.274. The van der Waals surface area contributed by atoms with E-state index in [1.165, 1.54) is 41.3 Å². The Morgan fingerprint density at radius 3 is 2.28 bits per heavy atom. The number of nitrogens with zero attached hydrogens (tertiary/aromatic N) is 5. The molecule has 0 aliphatic carbocycles. The van der Waals surface area contributed by atoms with Crippen LogP contribution in [0.15, 0.2) is 64.0 Å². The van der Waals surface area contributed by atoms with Crippen LogP contribution < -0.4 is 19.9 Å². The Hall–Kier alpha value is -4.99. The number of alkyl halides is 3. The lowest BCUT2D eigenvalue weighted by Gasteiger charge is -2.24. The lowest BCUT2D eigenvalue weighted by atomic mass is 9.99. The number of halogens is 5. The molecule has 10 nitrogen and oxygen atoms in total. The molecule has 1 aromatic heterocycles. The van der Waals surface area contributed by atoms with Crippen molar-refractivity contribution in [2.24, 2.45) is 4.99 Å². The number of anilines is 3. The molecule has 0 spiro atoms. The molecule has 5 rings (SSSR count). The van der Waals surface area contributed by atoms with Crippen LogP contribution in [-0.4, -0.2) is 53.5 Å². The van der Waals surface area contributed by atoms with Crippen molar-refractivity contribution in [3.8, 4) is 28.7 Å². The molecule has 2 heterocycles. The van der Waals surface area contributed by atoms with Gasteiger partial charge in [0.2, 0.25) is 17.7 Å². The van der Waals surface area contributed by atoms with Crippen LogP contribution in [0.1, 0.15) is 25.3 Å². The highest BCUT2D eigenvalue weighted by atomic mass is 32.2. The minimum absolute atomic E-state index is 0.000961. The predicted molar refractivity (Wildman–Crippen MR) is 163 cm³/mol. The van der Waals surface area contributed by atoms with E-state index >= 15 is 4.39 Å². The van der Waals surface area contributed by atoms with Gasteiger partial charge in [-0.1, -0.05) is 25.6 Å². The minimum Gasteiger partial charge on any atom is -0.416 e. The highest BCUT2D eigenvalue weighted by molar-refractivity contribution is 8.15. The number of urea groups is 1. The van der Waals surface area contributed by atoms with Gasteiger partial charge >= 0.3 is 12.4 Å². The van der Waals surface area contributed by atoms with E-state index in [-0.39, 0.29) is 51.5 Å². The number of carbonyl (C=O) groups is 2. The Kier molecular flexibility index (Phi) is 9.01. The van der Waals surface area contributed by atoms with Crippen molar-refractivity contribution >= 4 is 45.9 Å². The maximum absolute atomic E-state index is 15.1. The smallest absolute Gasteiger partial charge is 0.416 e. The number of hydrogen-bond donors (Lipinski definition) is 1. The number of amides is 3. The summed E-state index contributed by atoms with van der Waals surface area (Å²) in [6.45, 7) is 3.70. The molecule has 1 fully saturated rings. The van der Waals surface area contributed by atoms with E-state index in [0.29, 0.717) is 16.8 Å². The second-order valence-corrected chi connectivity index (χ2v) is 11.4. The fourth-order valence-corrected chi connectivity index (χ4v) is 5.34. The molecule has 0 unspecified atom stereocenters. The van der Waals surface area contributed by atoms with Crippen LogP contribution in [-0.2, 0) is 4.79 Å². The van der Waals surface area contributed by atoms with E-state index < -0.39 is 29.8 Å². The molecule has 1 aliphatic rings. The van der Waals surface area contributed by atoms with Crippen molar-refractivity contribution in [1.82, 2.24) is 10.2 Å². The highest BCUT2D eigenvalue weighted by Gasteiger charge is 2.34. The highest BCUT2D eigenvalue weighted by Crippen LogP contribution is 2.38. The summed E-state index contributed by atoms with van der Waals surface area (Å²) in [7, 11) is 3.33. The molecule has 46 heavy (non-hydrogen) atoms.